The number of benzene rings is 2. The monoisotopic (exact) mass is 373 g/mol. The van der Waals surface area contributed by atoms with Crippen LogP contribution in [0, 0.1) is 5.82 Å². The molecule has 6 heteroatoms. The molecule has 0 spiro atoms. The summed E-state index contributed by atoms with van der Waals surface area (Å²) < 4.78 is 13.1. The van der Waals surface area contributed by atoms with Crippen LogP contribution in [0.2, 0.25) is 0 Å². The molecule has 0 saturated carbocycles. The van der Waals surface area contributed by atoms with Gasteiger partial charge in [0.15, 0.2) is 5.82 Å². The Hall–Kier alpha value is -3.28. The fourth-order valence-electron chi connectivity index (χ4n) is 3.82. The third kappa shape index (κ3) is 3.22. The molecule has 0 aliphatic carbocycles. The first-order valence-corrected chi connectivity index (χ1v) is 9.55. The zero-order valence-electron chi connectivity index (χ0n) is 15.3. The van der Waals surface area contributed by atoms with E-state index < -0.39 is 0 Å². The normalized spacial score (nSPS) is 15.2. The van der Waals surface area contributed by atoms with Gasteiger partial charge in [0, 0.05) is 24.6 Å². The van der Waals surface area contributed by atoms with Crippen molar-refractivity contribution in [3.63, 3.8) is 0 Å². The molecule has 0 unspecified atom stereocenters. The molecule has 0 amide bonds. The Morgan fingerprint density at radius 3 is 2.39 bits per heavy atom. The number of hydrogen-bond acceptors (Lipinski definition) is 4. The summed E-state index contributed by atoms with van der Waals surface area (Å²) in [7, 11) is 0. The standard InChI is InChI=1S/C22H20FN5/c23-17-7-5-15(6-8-17)18-9-10-21(27-26-18)28-13-11-16(12-14-28)22-24-19-3-1-2-4-20(19)25-22/h1-10,16H,11-14H2,(H,24,25). The molecule has 0 radical (unpaired) electrons. The van der Waals surface area contributed by atoms with Gasteiger partial charge < -0.3 is 9.88 Å². The first kappa shape index (κ1) is 16.9. The maximum Gasteiger partial charge on any atom is 0.151 e. The van der Waals surface area contributed by atoms with Gasteiger partial charge in [-0.2, -0.15) is 0 Å². The molecule has 1 aliphatic rings. The average molecular weight is 373 g/mol. The Morgan fingerprint density at radius 1 is 0.893 bits per heavy atom. The number of imidazole rings is 1. The molecule has 5 nitrogen and oxygen atoms in total. The van der Waals surface area contributed by atoms with Gasteiger partial charge in [-0.05, 0) is 61.4 Å². The van der Waals surface area contributed by atoms with E-state index in [1.54, 1.807) is 12.1 Å². The van der Waals surface area contributed by atoms with Gasteiger partial charge >= 0.3 is 0 Å². The largest absolute Gasteiger partial charge is 0.355 e. The molecule has 2 aromatic carbocycles. The molecule has 4 aromatic rings. The van der Waals surface area contributed by atoms with E-state index in [4.69, 9.17) is 4.98 Å². The molecular weight excluding hydrogens is 353 g/mol. The second-order valence-corrected chi connectivity index (χ2v) is 7.18. The van der Waals surface area contributed by atoms with Gasteiger partial charge in [-0.25, -0.2) is 9.37 Å². The van der Waals surface area contributed by atoms with Crippen molar-refractivity contribution in [2.75, 3.05) is 18.0 Å². The van der Waals surface area contributed by atoms with Crippen molar-refractivity contribution in [2.24, 2.45) is 0 Å². The molecular formula is C22H20FN5. The van der Waals surface area contributed by atoms with Crippen molar-refractivity contribution in [2.45, 2.75) is 18.8 Å². The number of H-pyrrole nitrogens is 1. The number of anilines is 1. The Kier molecular flexibility index (Phi) is 4.24. The van der Waals surface area contributed by atoms with Crippen LogP contribution in [0.15, 0.2) is 60.7 Å². The molecule has 1 saturated heterocycles. The van der Waals surface area contributed by atoms with Crippen LogP contribution < -0.4 is 4.90 Å². The Balaban J connectivity index is 1.26. The summed E-state index contributed by atoms with van der Waals surface area (Å²) in [5.41, 5.74) is 3.74. The van der Waals surface area contributed by atoms with E-state index in [9.17, 15) is 4.39 Å². The van der Waals surface area contributed by atoms with Gasteiger partial charge in [-0.1, -0.05) is 12.1 Å². The first-order chi connectivity index (χ1) is 13.8. The van der Waals surface area contributed by atoms with Crippen LogP contribution >= 0.6 is 0 Å². The highest BCUT2D eigenvalue weighted by Crippen LogP contribution is 2.29. The van der Waals surface area contributed by atoms with Gasteiger partial charge in [0.2, 0.25) is 0 Å². The van der Waals surface area contributed by atoms with E-state index in [2.05, 4.69) is 26.1 Å². The van der Waals surface area contributed by atoms with E-state index in [0.717, 1.165) is 59.9 Å². The van der Waals surface area contributed by atoms with Crippen LogP contribution in [0.5, 0.6) is 0 Å². The maximum absolute atomic E-state index is 13.1. The maximum atomic E-state index is 13.1. The van der Waals surface area contributed by atoms with E-state index in [1.165, 1.54) is 12.1 Å². The average Bonchev–Trinajstić information content (AvgIpc) is 3.19. The zero-order valence-corrected chi connectivity index (χ0v) is 15.3. The Bertz CT molecular complexity index is 1050. The van der Waals surface area contributed by atoms with E-state index >= 15 is 0 Å². The fraction of sp³-hybridized carbons (Fsp3) is 0.227. The number of nitrogens with one attached hydrogen (secondary N) is 1. The number of nitrogens with zero attached hydrogens (tertiary/aromatic N) is 4. The van der Waals surface area contributed by atoms with Crippen LogP contribution in [0.25, 0.3) is 22.3 Å². The summed E-state index contributed by atoms with van der Waals surface area (Å²) in [5, 5.41) is 8.72. The summed E-state index contributed by atoms with van der Waals surface area (Å²) in [5.74, 6) is 2.16. The number of hydrogen-bond donors (Lipinski definition) is 1. The van der Waals surface area contributed by atoms with E-state index in [-0.39, 0.29) is 5.82 Å². The highest BCUT2D eigenvalue weighted by atomic mass is 19.1. The number of halogens is 1. The fourth-order valence-corrected chi connectivity index (χ4v) is 3.82. The second kappa shape index (κ2) is 7.03. The van der Waals surface area contributed by atoms with Gasteiger partial charge in [0.05, 0.1) is 16.7 Å². The molecule has 1 fully saturated rings. The summed E-state index contributed by atoms with van der Waals surface area (Å²) in [6.45, 7) is 1.85. The Morgan fingerprint density at radius 2 is 1.68 bits per heavy atom. The minimum absolute atomic E-state index is 0.249. The minimum atomic E-state index is -0.249. The number of para-hydroxylation sites is 2. The van der Waals surface area contributed by atoms with E-state index in [1.807, 2.05) is 30.3 Å². The lowest BCUT2D eigenvalue weighted by molar-refractivity contribution is 0.486. The molecule has 2 aromatic heterocycles. The van der Waals surface area contributed by atoms with Crippen LogP contribution in [0.3, 0.4) is 0 Å². The number of rotatable bonds is 3. The van der Waals surface area contributed by atoms with Crippen LogP contribution in [0.1, 0.15) is 24.6 Å². The second-order valence-electron chi connectivity index (χ2n) is 7.18. The topological polar surface area (TPSA) is 57.7 Å². The predicted molar refractivity (Wildman–Crippen MR) is 108 cm³/mol. The molecule has 0 bridgehead atoms. The highest BCUT2D eigenvalue weighted by Gasteiger charge is 2.24. The molecule has 5 rings (SSSR count). The minimum Gasteiger partial charge on any atom is -0.355 e. The molecule has 1 N–H and O–H groups in total. The van der Waals surface area contributed by atoms with E-state index in [0.29, 0.717) is 5.92 Å². The lowest BCUT2D eigenvalue weighted by atomic mass is 9.96. The molecule has 3 heterocycles. The lowest BCUT2D eigenvalue weighted by Crippen LogP contribution is -2.33. The SMILES string of the molecule is Fc1ccc(-c2ccc(N3CCC(c4nc5ccccc5[nH]4)CC3)nn2)cc1. The van der Waals surface area contributed by atoms with Crippen molar-refractivity contribution in [3.8, 4) is 11.3 Å². The summed E-state index contributed by atoms with van der Waals surface area (Å²) in [6, 6.07) is 18.4. The van der Waals surface area contributed by atoms with Crippen molar-refractivity contribution in [1.82, 2.24) is 20.2 Å². The van der Waals surface area contributed by atoms with Crippen LogP contribution in [-0.2, 0) is 0 Å². The van der Waals surface area contributed by atoms with Gasteiger partial charge in [0.25, 0.3) is 0 Å². The van der Waals surface area contributed by atoms with Crippen molar-refractivity contribution in [1.29, 1.82) is 0 Å². The third-order valence-corrected chi connectivity index (χ3v) is 5.40. The van der Waals surface area contributed by atoms with Gasteiger partial charge in [-0.15, -0.1) is 10.2 Å². The van der Waals surface area contributed by atoms with Crippen molar-refractivity contribution in [3.05, 3.63) is 72.3 Å². The summed E-state index contributed by atoms with van der Waals surface area (Å²) in [4.78, 5) is 10.5. The van der Waals surface area contributed by atoms with Crippen LogP contribution in [-0.4, -0.2) is 33.3 Å². The highest BCUT2D eigenvalue weighted by molar-refractivity contribution is 5.74. The van der Waals surface area contributed by atoms with Crippen molar-refractivity contribution >= 4 is 16.9 Å². The molecule has 140 valence electrons. The van der Waals surface area contributed by atoms with Gasteiger partial charge in [0.1, 0.15) is 11.6 Å². The quantitative estimate of drug-likeness (QED) is 0.573. The number of piperidine rings is 1. The number of fused-ring (bicyclic) bond motifs is 1. The zero-order chi connectivity index (χ0) is 18.9. The number of aromatic amines is 1. The Labute approximate surface area is 162 Å². The first-order valence-electron chi connectivity index (χ1n) is 9.55. The van der Waals surface area contributed by atoms with Crippen LogP contribution in [0.4, 0.5) is 10.2 Å². The lowest BCUT2D eigenvalue weighted by Gasteiger charge is -2.31. The third-order valence-electron chi connectivity index (χ3n) is 5.40. The predicted octanol–water partition coefficient (Wildman–Crippen LogP) is 4.54. The molecule has 0 atom stereocenters. The summed E-state index contributed by atoms with van der Waals surface area (Å²) in [6.07, 6.45) is 2.06. The van der Waals surface area contributed by atoms with Crippen molar-refractivity contribution < 1.29 is 4.39 Å². The smallest absolute Gasteiger partial charge is 0.151 e. The number of aromatic nitrogens is 4. The summed E-state index contributed by atoms with van der Waals surface area (Å²) >= 11 is 0. The van der Waals surface area contributed by atoms with Gasteiger partial charge in [-0.3, -0.25) is 0 Å². The molecule has 28 heavy (non-hydrogen) atoms. The molecule has 1 aliphatic heterocycles.